The number of carbonyl (C=O) groups is 3. The minimum Gasteiger partial charge on any atom is -0.468 e. The molecule has 1 aromatic carbocycles. The van der Waals surface area contributed by atoms with Crippen molar-refractivity contribution in [3.8, 4) is 0 Å². The topological polar surface area (TPSA) is 69.7 Å². The zero-order valence-corrected chi connectivity index (χ0v) is 15.0. The van der Waals surface area contributed by atoms with Crippen molar-refractivity contribution in [3.05, 3.63) is 29.8 Å². The first kappa shape index (κ1) is 19.6. The van der Waals surface area contributed by atoms with Gasteiger partial charge in [0.2, 0.25) is 0 Å². The Morgan fingerprint density at radius 1 is 1.17 bits per heavy atom. The molecule has 1 atom stereocenters. The Balaban J connectivity index is 2.71. The molecule has 0 bridgehead atoms. The number of esters is 2. The lowest BCUT2D eigenvalue weighted by Gasteiger charge is -2.14. The predicted octanol–water partition coefficient (Wildman–Crippen LogP) is 3.17. The summed E-state index contributed by atoms with van der Waals surface area (Å²) in [6.07, 6.45) is 1.33. The van der Waals surface area contributed by atoms with Crippen molar-refractivity contribution in [2.24, 2.45) is 0 Å². The van der Waals surface area contributed by atoms with Crippen LogP contribution in [0.15, 0.2) is 29.2 Å². The van der Waals surface area contributed by atoms with E-state index >= 15 is 0 Å². The first-order valence-electron chi connectivity index (χ1n) is 7.04. The monoisotopic (exact) mass is 356 g/mol. The second-order valence-corrected chi connectivity index (χ2v) is 7.18. The van der Waals surface area contributed by atoms with E-state index in [9.17, 15) is 14.4 Å². The molecule has 0 spiro atoms. The van der Waals surface area contributed by atoms with Gasteiger partial charge in [-0.05, 0) is 31.0 Å². The number of methoxy groups -OCH3 is 2. The zero-order chi connectivity index (χ0) is 17.2. The summed E-state index contributed by atoms with van der Waals surface area (Å²) in [4.78, 5) is 35.2. The van der Waals surface area contributed by atoms with Crippen LogP contribution in [0.2, 0.25) is 0 Å². The van der Waals surface area contributed by atoms with Gasteiger partial charge in [-0.25, -0.2) is 4.79 Å². The highest BCUT2D eigenvalue weighted by Gasteiger charge is 2.21. The Labute approximate surface area is 144 Å². The summed E-state index contributed by atoms with van der Waals surface area (Å²) in [6, 6.07) is 6.93. The van der Waals surface area contributed by atoms with E-state index in [0.29, 0.717) is 17.7 Å². The van der Waals surface area contributed by atoms with Gasteiger partial charge in [0.25, 0.3) is 0 Å². The number of benzene rings is 1. The Morgan fingerprint density at radius 2 is 1.91 bits per heavy atom. The van der Waals surface area contributed by atoms with Gasteiger partial charge < -0.3 is 9.47 Å². The molecule has 0 amide bonds. The third-order valence-electron chi connectivity index (χ3n) is 2.91. The standard InChI is InChI=1S/C16H20O5S2/c1-11(17)22-9-5-8-14(16(19)21-3)23-13-7-4-6-12(10-13)15(18)20-2/h4,6-7,10,14H,5,8-9H2,1-3H3. The average molecular weight is 356 g/mol. The van der Waals surface area contributed by atoms with Crippen molar-refractivity contribution in [2.45, 2.75) is 29.9 Å². The third kappa shape index (κ3) is 7.09. The fourth-order valence-corrected chi connectivity index (χ4v) is 3.58. The first-order chi connectivity index (χ1) is 11.0. The summed E-state index contributed by atoms with van der Waals surface area (Å²) in [5.74, 6) is -0.0581. The van der Waals surface area contributed by atoms with Crippen molar-refractivity contribution in [1.82, 2.24) is 0 Å². The summed E-state index contributed by atoms with van der Waals surface area (Å²) < 4.78 is 9.53. The van der Waals surface area contributed by atoms with Crippen LogP contribution < -0.4 is 0 Å². The largest absolute Gasteiger partial charge is 0.468 e. The fourth-order valence-electron chi connectivity index (χ4n) is 1.82. The van der Waals surface area contributed by atoms with Crippen LogP contribution >= 0.6 is 23.5 Å². The smallest absolute Gasteiger partial charge is 0.337 e. The van der Waals surface area contributed by atoms with E-state index in [4.69, 9.17) is 9.47 Å². The van der Waals surface area contributed by atoms with Crippen molar-refractivity contribution < 1.29 is 23.9 Å². The normalized spacial score (nSPS) is 11.6. The second kappa shape index (κ2) is 10.3. The molecule has 0 aromatic heterocycles. The van der Waals surface area contributed by atoms with E-state index in [1.807, 2.05) is 6.07 Å². The van der Waals surface area contributed by atoms with Crippen LogP contribution in [0.1, 0.15) is 30.1 Å². The van der Waals surface area contributed by atoms with Crippen molar-refractivity contribution >= 4 is 40.6 Å². The molecule has 0 fully saturated rings. The fraction of sp³-hybridized carbons (Fsp3) is 0.438. The molecular weight excluding hydrogens is 336 g/mol. The molecule has 0 heterocycles. The van der Waals surface area contributed by atoms with Gasteiger partial charge in [0.05, 0.1) is 19.8 Å². The minimum atomic E-state index is -0.417. The van der Waals surface area contributed by atoms with Crippen LogP contribution in [-0.4, -0.2) is 42.3 Å². The van der Waals surface area contributed by atoms with Gasteiger partial charge in [-0.1, -0.05) is 17.8 Å². The van der Waals surface area contributed by atoms with Crippen LogP contribution in [0, 0.1) is 0 Å². The summed E-state index contributed by atoms with van der Waals surface area (Å²) in [5, 5.41) is -0.307. The maximum atomic E-state index is 11.9. The quantitative estimate of drug-likeness (QED) is 0.402. The lowest BCUT2D eigenvalue weighted by atomic mass is 10.2. The molecule has 1 rings (SSSR count). The Bertz CT molecular complexity index is 559. The number of hydrogen-bond acceptors (Lipinski definition) is 7. The van der Waals surface area contributed by atoms with Crippen LogP contribution in [-0.2, 0) is 19.1 Å². The molecule has 0 N–H and O–H groups in total. The molecule has 0 saturated heterocycles. The highest BCUT2D eigenvalue weighted by molar-refractivity contribution is 8.13. The summed E-state index contributed by atoms with van der Waals surface area (Å²) >= 11 is 2.59. The van der Waals surface area contributed by atoms with E-state index in [2.05, 4.69) is 0 Å². The number of hydrogen-bond donors (Lipinski definition) is 0. The Hall–Kier alpha value is -1.47. The van der Waals surface area contributed by atoms with Gasteiger partial charge in [0.1, 0.15) is 5.25 Å². The highest BCUT2D eigenvalue weighted by atomic mass is 32.2. The molecule has 0 aliphatic heterocycles. The maximum Gasteiger partial charge on any atom is 0.337 e. The van der Waals surface area contributed by atoms with E-state index in [-0.39, 0.29) is 16.3 Å². The molecule has 1 aromatic rings. The van der Waals surface area contributed by atoms with E-state index in [1.165, 1.54) is 44.7 Å². The third-order valence-corrected chi connectivity index (χ3v) is 5.05. The SMILES string of the molecule is COC(=O)c1cccc(SC(CCCSC(C)=O)C(=O)OC)c1. The number of thioether (sulfide) groups is 2. The molecule has 0 aliphatic rings. The summed E-state index contributed by atoms with van der Waals surface area (Å²) in [7, 11) is 2.68. The predicted molar refractivity (Wildman–Crippen MR) is 91.8 cm³/mol. The molecule has 126 valence electrons. The lowest BCUT2D eigenvalue weighted by Crippen LogP contribution is -2.19. The zero-order valence-electron chi connectivity index (χ0n) is 13.4. The number of rotatable bonds is 8. The summed E-state index contributed by atoms with van der Waals surface area (Å²) in [5.41, 5.74) is 0.438. The molecular formula is C16H20O5S2. The van der Waals surface area contributed by atoms with Gasteiger partial charge >= 0.3 is 11.9 Å². The maximum absolute atomic E-state index is 11.9. The van der Waals surface area contributed by atoms with Crippen molar-refractivity contribution in [3.63, 3.8) is 0 Å². The van der Waals surface area contributed by atoms with Crippen LogP contribution in [0.5, 0.6) is 0 Å². The van der Waals surface area contributed by atoms with Gasteiger partial charge in [-0.2, -0.15) is 0 Å². The van der Waals surface area contributed by atoms with Gasteiger partial charge in [0.15, 0.2) is 5.12 Å². The first-order valence-corrected chi connectivity index (χ1v) is 8.90. The molecule has 1 unspecified atom stereocenters. The molecule has 0 radical (unpaired) electrons. The van der Waals surface area contributed by atoms with Crippen molar-refractivity contribution in [1.29, 1.82) is 0 Å². The molecule has 23 heavy (non-hydrogen) atoms. The van der Waals surface area contributed by atoms with E-state index in [0.717, 1.165) is 11.3 Å². The Morgan fingerprint density at radius 3 is 2.52 bits per heavy atom. The van der Waals surface area contributed by atoms with Crippen LogP contribution in [0.25, 0.3) is 0 Å². The van der Waals surface area contributed by atoms with Crippen LogP contribution in [0.3, 0.4) is 0 Å². The molecule has 7 heteroatoms. The number of carbonyl (C=O) groups excluding carboxylic acids is 3. The van der Waals surface area contributed by atoms with Crippen LogP contribution in [0.4, 0.5) is 0 Å². The average Bonchev–Trinajstić information content (AvgIpc) is 2.56. The van der Waals surface area contributed by atoms with Gasteiger partial charge in [0, 0.05) is 17.6 Å². The summed E-state index contributed by atoms with van der Waals surface area (Å²) in [6.45, 7) is 1.52. The lowest BCUT2D eigenvalue weighted by molar-refractivity contribution is -0.140. The van der Waals surface area contributed by atoms with E-state index < -0.39 is 5.97 Å². The Kier molecular flexibility index (Phi) is 8.79. The second-order valence-electron chi connectivity index (χ2n) is 4.63. The highest BCUT2D eigenvalue weighted by Crippen LogP contribution is 2.28. The molecule has 5 nitrogen and oxygen atoms in total. The minimum absolute atomic E-state index is 0.0676. The van der Waals surface area contributed by atoms with Gasteiger partial charge in [-0.15, -0.1) is 11.8 Å². The van der Waals surface area contributed by atoms with E-state index in [1.54, 1.807) is 18.2 Å². The molecule has 0 saturated carbocycles. The molecule has 0 aliphatic carbocycles. The van der Waals surface area contributed by atoms with Crippen molar-refractivity contribution in [2.75, 3.05) is 20.0 Å². The van der Waals surface area contributed by atoms with Gasteiger partial charge in [-0.3, -0.25) is 9.59 Å². The number of ether oxygens (including phenoxy) is 2.